The summed E-state index contributed by atoms with van der Waals surface area (Å²) in [5.41, 5.74) is 1.32. The zero-order valence-electron chi connectivity index (χ0n) is 13.8. The number of hydrogen-bond acceptors (Lipinski definition) is 3. The molecule has 0 radical (unpaired) electrons. The number of benzene rings is 1. The number of halogens is 1. The van der Waals surface area contributed by atoms with Gasteiger partial charge in [0.05, 0.1) is 17.4 Å². The van der Waals surface area contributed by atoms with Gasteiger partial charge in [-0.2, -0.15) is 5.10 Å². The quantitative estimate of drug-likeness (QED) is 0.887. The van der Waals surface area contributed by atoms with Gasteiger partial charge in [-0.15, -0.1) is 0 Å². The highest BCUT2D eigenvalue weighted by molar-refractivity contribution is 6.30. The Labute approximate surface area is 151 Å². The van der Waals surface area contributed by atoms with E-state index in [9.17, 15) is 9.59 Å². The van der Waals surface area contributed by atoms with Crippen LogP contribution in [0, 0.1) is 5.92 Å². The maximum atomic E-state index is 12.7. The molecule has 1 aliphatic heterocycles. The molecule has 1 N–H and O–H groups in total. The van der Waals surface area contributed by atoms with Gasteiger partial charge in [0, 0.05) is 30.7 Å². The number of aliphatic carboxylic acids is 1. The van der Waals surface area contributed by atoms with Gasteiger partial charge in [-0.1, -0.05) is 17.7 Å². The van der Waals surface area contributed by atoms with Crippen molar-refractivity contribution in [1.29, 1.82) is 0 Å². The van der Waals surface area contributed by atoms with E-state index in [1.165, 1.54) is 0 Å². The number of carbonyl (C=O) groups is 2. The molecule has 2 heterocycles. The summed E-state index contributed by atoms with van der Waals surface area (Å²) in [5, 5.41) is 13.7. The molecule has 1 fully saturated rings. The minimum atomic E-state index is -0.786. The first-order valence-electron chi connectivity index (χ1n) is 8.34. The Hall–Kier alpha value is -2.34. The molecular weight excluding hydrogens is 342 g/mol. The highest BCUT2D eigenvalue weighted by Crippen LogP contribution is 2.23. The van der Waals surface area contributed by atoms with E-state index in [-0.39, 0.29) is 18.2 Å². The molecule has 0 aliphatic carbocycles. The summed E-state index contributed by atoms with van der Waals surface area (Å²) in [6.07, 6.45) is 5.90. The van der Waals surface area contributed by atoms with Crippen LogP contribution in [-0.2, 0) is 4.79 Å². The van der Waals surface area contributed by atoms with E-state index >= 15 is 0 Å². The first-order valence-corrected chi connectivity index (χ1v) is 8.72. The van der Waals surface area contributed by atoms with E-state index in [1.54, 1.807) is 34.1 Å². The number of carboxylic acid groups (broad SMARTS) is 1. The number of aromatic nitrogens is 2. The third-order valence-corrected chi connectivity index (χ3v) is 4.71. The Morgan fingerprint density at radius 1 is 1.36 bits per heavy atom. The summed E-state index contributed by atoms with van der Waals surface area (Å²) >= 11 is 6.00. The van der Waals surface area contributed by atoms with Crippen molar-refractivity contribution >= 4 is 23.5 Å². The smallest absolute Gasteiger partial charge is 0.303 e. The number of carbonyl (C=O) groups excluding carboxylic acids is 1. The van der Waals surface area contributed by atoms with Crippen LogP contribution in [0.15, 0.2) is 36.7 Å². The van der Waals surface area contributed by atoms with Crippen molar-refractivity contribution < 1.29 is 14.7 Å². The minimum Gasteiger partial charge on any atom is -0.481 e. The average molecular weight is 362 g/mol. The molecular formula is C18H20ClN3O3. The van der Waals surface area contributed by atoms with Gasteiger partial charge in [-0.25, -0.2) is 4.68 Å². The second kappa shape index (κ2) is 7.70. The van der Waals surface area contributed by atoms with Gasteiger partial charge >= 0.3 is 5.97 Å². The number of hydrogen-bond donors (Lipinski definition) is 1. The van der Waals surface area contributed by atoms with Gasteiger partial charge in [-0.05, 0) is 43.4 Å². The molecule has 132 valence electrons. The Balaban J connectivity index is 1.67. The number of rotatable bonds is 5. The Morgan fingerprint density at radius 2 is 2.20 bits per heavy atom. The third kappa shape index (κ3) is 4.39. The molecule has 0 unspecified atom stereocenters. The molecule has 6 nitrogen and oxygen atoms in total. The predicted octanol–water partition coefficient (Wildman–Crippen LogP) is 3.24. The lowest BCUT2D eigenvalue weighted by molar-refractivity contribution is -0.137. The molecule has 1 saturated heterocycles. The second-order valence-corrected chi connectivity index (χ2v) is 6.78. The molecule has 7 heteroatoms. The van der Waals surface area contributed by atoms with Crippen LogP contribution >= 0.6 is 11.6 Å². The lowest BCUT2D eigenvalue weighted by Gasteiger charge is -2.32. The monoisotopic (exact) mass is 361 g/mol. The Kier molecular flexibility index (Phi) is 5.38. The summed E-state index contributed by atoms with van der Waals surface area (Å²) < 4.78 is 1.63. The molecule has 0 bridgehead atoms. The van der Waals surface area contributed by atoms with Gasteiger partial charge in [0.15, 0.2) is 0 Å². The van der Waals surface area contributed by atoms with Crippen LogP contribution in [0.2, 0.25) is 5.02 Å². The van der Waals surface area contributed by atoms with Crippen LogP contribution in [-0.4, -0.2) is 44.8 Å². The van der Waals surface area contributed by atoms with Gasteiger partial charge in [0.2, 0.25) is 0 Å². The van der Waals surface area contributed by atoms with E-state index in [2.05, 4.69) is 5.10 Å². The summed E-state index contributed by atoms with van der Waals surface area (Å²) in [4.78, 5) is 25.3. The van der Waals surface area contributed by atoms with Gasteiger partial charge in [0.1, 0.15) is 0 Å². The number of amides is 1. The van der Waals surface area contributed by atoms with Crippen LogP contribution in [0.4, 0.5) is 0 Å². The van der Waals surface area contributed by atoms with Crippen molar-refractivity contribution in [2.75, 3.05) is 13.1 Å². The molecule has 2 aromatic rings. The molecule has 1 aliphatic rings. The third-order valence-electron chi connectivity index (χ3n) is 4.47. The summed E-state index contributed by atoms with van der Waals surface area (Å²) in [7, 11) is 0. The van der Waals surface area contributed by atoms with Crippen molar-refractivity contribution in [2.45, 2.75) is 25.7 Å². The van der Waals surface area contributed by atoms with Crippen LogP contribution in [0.5, 0.6) is 0 Å². The van der Waals surface area contributed by atoms with E-state index in [0.29, 0.717) is 30.1 Å². The van der Waals surface area contributed by atoms with Crippen molar-refractivity contribution in [3.63, 3.8) is 0 Å². The van der Waals surface area contributed by atoms with E-state index in [0.717, 1.165) is 18.5 Å². The van der Waals surface area contributed by atoms with Gasteiger partial charge in [-0.3, -0.25) is 9.59 Å². The summed E-state index contributed by atoms with van der Waals surface area (Å²) in [5.74, 6) is -0.601. The maximum absolute atomic E-state index is 12.7. The lowest BCUT2D eigenvalue weighted by atomic mass is 9.93. The van der Waals surface area contributed by atoms with Crippen LogP contribution in [0.1, 0.15) is 36.0 Å². The summed E-state index contributed by atoms with van der Waals surface area (Å²) in [6.45, 7) is 1.30. The van der Waals surface area contributed by atoms with Crippen molar-refractivity contribution in [3.05, 3.63) is 47.2 Å². The SMILES string of the molecule is O=C(O)CC[C@H]1CCCN(C(=O)c2cnn(-c3cccc(Cl)c3)c2)C1. The maximum Gasteiger partial charge on any atom is 0.303 e. The fraction of sp³-hybridized carbons (Fsp3) is 0.389. The summed E-state index contributed by atoms with van der Waals surface area (Å²) in [6, 6.07) is 7.27. The Bertz CT molecular complexity index is 774. The Morgan fingerprint density at radius 3 is 2.96 bits per heavy atom. The molecule has 0 saturated carbocycles. The number of likely N-dealkylation sites (tertiary alicyclic amines) is 1. The molecule has 1 aromatic heterocycles. The highest BCUT2D eigenvalue weighted by Gasteiger charge is 2.25. The number of piperidine rings is 1. The largest absolute Gasteiger partial charge is 0.481 e. The number of carboxylic acids is 1. The highest BCUT2D eigenvalue weighted by atomic mass is 35.5. The van der Waals surface area contributed by atoms with Crippen LogP contribution in [0.3, 0.4) is 0 Å². The van der Waals surface area contributed by atoms with Crippen molar-refractivity contribution in [2.24, 2.45) is 5.92 Å². The van der Waals surface area contributed by atoms with Crippen molar-refractivity contribution in [1.82, 2.24) is 14.7 Å². The fourth-order valence-corrected chi connectivity index (χ4v) is 3.37. The molecule has 25 heavy (non-hydrogen) atoms. The second-order valence-electron chi connectivity index (χ2n) is 6.35. The molecule has 1 atom stereocenters. The zero-order chi connectivity index (χ0) is 17.8. The van der Waals surface area contributed by atoms with Crippen LogP contribution < -0.4 is 0 Å². The number of nitrogens with zero attached hydrogens (tertiary/aromatic N) is 3. The van der Waals surface area contributed by atoms with E-state index in [4.69, 9.17) is 16.7 Å². The van der Waals surface area contributed by atoms with E-state index < -0.39 is 5.97 Å². The molecule has 3 rings (SSSR count). The van der Waals surface area contributed by atoms with Gasteiger partial charge < -0.3 is 10.0 Å². The molecule has 0 spiro atoms. The minimum absolute atomic E-state index is 0.0618. The molecule has 1 amide bonds. The predicted molar refractivity (Wildman–Crippen MR) is 94.1 cm³/mol. The van der Waals surface area contributed by atoms with Gasteiger partial charge in [0.25, 0.3) is 5.91 Å². The first-order chi connectivity index (χ1) is 12.0. The normalized spacial score (nSPS) is 17.5. The standard InChI is InChI=1S/C18H20ClN3O3/c19-15-4-1-5-16(9-15)22-12-14(10-20-22)18(25)21-8-2-3-13(11-21)6-7-17(23)24/h1,4-5,9-10,12-13H,2-3,6-8,11H2,(H,23,24)/t13-/m1/s1. The van der Waals surface area contributed by atoms with Crippen LogP contribution in [0.25, 0.3) is 5.69 Å². The lowest BCUT2D eigenvalue weighted by Crippen LogP contribution is -2.39. The van der Waals surface area contributed by atoms with Crippen molar-refractivity contribution in [3.8, 4) is 5.69 Å². The fourth-order valence-electron chi connectivity index (χ4n) is 3.19. The van der Waals surface area contributed by atoms with E-state index in [1.807, 2.05) is 12.1 Å². The zero-order valence-corrected chi connectivity index (χ0v) is 14.5. The first kappa shape index (κ1) is 17.5. The topological polar surface area (TPSA) is 75.4 Å². The molecule has 1 aromatic carbocycles. The average Bonchev–Trinajstić information content (AvgIpc) is 3.10.